The number of hydrogen-bond donors (Lipinski definition) is 2. The van der Waals surface area contributed by atoms with Crippen LogP contribution < -0.4 is 5.46 Å². The van der Waals surface area contributed by atoms with Crippen LogP contribution in [0.1, 0.15) is 39.8 Å². The molecule has 1 fully saturated rings. The molecule has 0 spiro atoms. The molecule has 0 saturated carbocycles. The number of nitrogens with zero attached hydrogens (tertiary/aromatic N) is 2. The first kappa shape index (κ1) is 17.4. The van der Waals surface area contributed by atoms with Crippen molar-refractivity contribution in [3.05, 3.63) is 24.0 Å². The van der Waals surface area contributed by atoms with Crippen LogP contribution in [0.2, 0.25) is 0 Å². The maximum Gasteiger partial charge on any atom is 0.496 e. The largest absolute Gasteiger partial charge is 0.496 e. The Hall–Kier alpha value is -1.48. The molecule has 2 N–H and O–H groups in total. The molecule has 8 heteroatoms. The van der Waals surface area contributed by atoms with E-state index < -0.39 is 23.9 Å². The molecule has 0 radical (unpaired) electrons. The van der Waals surface area contributed by atoms with Crippen LogP contribution in [0, 0.1) is 0 Å². The van der Waals surface area contributed by atoms with Crippen LogP contribution in [0.25, 0.3) is 0 Å². The maximum absolute atomic E-state index is 9.36. The van der Waals surface area contributed by atoms with Gasteiger partial charge in [-0.3, -0.25) is 4.98 Å². The minimum Gasteiger partial charge on any atom is -0.399 e. The molecule has 1 saturated heterocycles. The Kier molecular flexibility index (Phi) is 4.20. The second kappa shape index (κ2) is 5.80. The Morgan fingerprint density at radius 3 is 2.17 bits per heavy atom. The first-order valence-electron chi connectivity index (χ1n) is 8.01. The first-order valence-corrected chi connectivity index (χ1v) is 8.01. The molecule has 0 amide bonds. The predicted octanol–water partition coefficient (Wildman–Crippen LogP) is 0.229. The number of aliphatic hydroxyl groups excluding tert-OH is 2. The molecule has 0 bridgehead atoms. The van der Waals surface area contributed by atoms with Gasteiger partial charge < -0.3 is 24.4 Å². The molecule has 3 heterocycles. The van der Waals surface area contributed by atoms with Crippen LogP contribution in [0.15, 0.2) is 23.5 Å². The minimum absolute atomic E-state index is 0.303. The van der Waals surface area contributed by atoms with Crippen molar-refractivity contribution in [2.45, 2.75) is 50.9 Å². The first-order chi connectivity index (χ1) is 11.2. The lowest BCUT2D eigenvalue weighted by Crippen LogP contribution is -2.41. The van der Waals surface area contributed by atoms with E-state index in [4.69, 9.17) is 14.1 Å². The highest BCUT2D eigenvalue weighted by Crippen LogP contribution is 2.36. The number of oxime groups is 1. The van der Waals surface area contributed by atoms with Crippen LogP contribution >= 0.6 is 0 Å². The van der Waals surface area contributed by atoms with E-state index in [9.17, 15) is 10.2 Å². The quantitative estimate of drug-likeness (QED) is 0.766. The molecule has 0 aromatic carbocycles. The van der Waals surface area contributed by atoms with E-state index in [0.29, 0.717) is 17.8 Å². The van der Waals surface area contributed by atoms with E-state index in [1.54, 1.807) is 6.20 Å². The van der Waals surface area contributed by atoms with Crippen molar-refractivity contribution in [2.24, 2.45) is 5.16 Å². The highest BCUT2D eigenvalue weighted by Gasteiger charge is 2.51. The fraction of sp³-hybridized carbons (Fsp3) is 0.625. The van der Waals surface area contributed by atoms with Gasteiger partial charge in [-0.25, -0.2) is 0 Å². The highest BCUT2D eigenvalue weighted by atomic mass is 16.7. The van der Waals surface area contributed by atoms with Crippen molar-refractivity contribution in [2.75, 3.05) is 13.2 Å². The van der Waals surface area contributed by atoms with Gasteiger partial charge in [-0.2, -0.15) is 0 Å². The van der Waals surface area contributed by atoms with Gasteiger partial charge in [0.25, 0.3) is 0 Å². The van der Waals surface area contributed by atoms with Gasteiger partial charge in [-0.05, 0) is 33.8 Å². The monoisotopic (exact) mass is 334 g/mol. The van der Waals surface area contributed by atoms with Crippen LogP contribution in [0.3, 0.4) is 0 Å². The van der Waals surface area contributed by atoms with Gasteiger partial charge >= 0.3 is 7.12 Å². The van der Waals surface area contributed by atoms with Crippen molar-refractivity contribution in [1.82, 2.24) is 4.98 Å². The van der Waals surface area contributed by atoms with E-state index in [1.165, 1.54) is 0 Å². The van der Waals surface area contributed by atoms with Crippen LogP contribution in [0.4, 0.5) is 0 Å². The molecular weight excluding hydrogens is 311 g/mol. The van der Waals surface area contributed by atoms with Gasteiger partial charge in [-0.15, -0.1) is 0 Å². The van der Waals surface area contributed by atoms with E-state index in [1.807, 2.05) is 39.8 Å². The molecule has 1 aromatic rings. The van der Waals surface area contributed by atoms with Crippen molar-refractivity contribution in [3.63, 3.8) is 0 Å². The molecule has 1 aromatic heterocycles. The lowest BCUT2D eigenvalue weighted by molar-refractivity contribution is -0.0878. The average molecular weight is 334 g/mol. The normalized spacial score (nSPS) is 23.9. The highest BCUT2D eigenvalue weighted by molar-refractivity contribution is 6.62. The van der Waals surface area contributed by atoms with Gasteiger partial charge in [0.15, 0.2) is 5.60 Å². The molecule has 130 valence electrons. The lowest BCUT2D eigenvalue weighted by atomic mass is 9.80. The molecule has 2 aliphatic rings. The van der Waals surface area contributed by atoms with Crippen LogP contribution in [0.5, 0.6) is 0 Å². The van der Waals surface area contributed by atoms with Gasteiger partial charge in [0.05, 0.1) is 30.1 Å². The number of rotatable bonds is 4. The maximum atomic E-state index is 9.36. The zero-order chi connectivity index (χ0) is 17.6. The Morgan fingerprint density at radius 2 is 1.71 bits per heavy atom. The van der Waals surface area contributed by atoms with Gasteiger partial charge in [0, 0.05) is 18.1 Å². The minimum atomic E-state index is -1.05. The Bertz CT molecular complexity index is 624. The number of hydrogen-bond acceptors (Lipinski definition) is 7. The van der Waals surface area contributed by atoms with Gasteiger partial charge in [-0.1, -0.05) is 11.2 Å². The third kappa shape index (κ3) is 2.84. The zero-order valence-corrected chi connectivity index (χ0v) is 14.4. The molecule has 0 unspecified atom stereocenters. The standard InChI is InChI=1S/C16H23BN2O5/c1-14(2)15(3,4)23-17(22-14)11-5-6-12(18-8-11)13-7-16(9-20,10-21)24-19-13/h5-6,8,20-21H,7,9-10H2,1-4H3. The summed E-state index contributed by atoms with van der Waals surface area (Å²) in [6, 6.07) is 3.69. The van der Waals surface area contributed by atoms with E-state index >= 15 is 0 Å². The van der Waals surface area contributed by atoms with Crippen molar-refractivity contribution in [1.29, 1.82) is 0 Å². The van der Waals surface area contributed by atoms with Crippen molar-refractivity contribution in [3.8, 4) is 0 Å². The summed E-state index contributed by atoms with van der Waals surface area (Å²) in [5.41, 5.74) is 0.204. The van der Waals surface area contributed by atoms with Crippen molar-refractivity contribution >= 4 is 18.3 Å². The average Bonchev–Trinajstić information content (AvgIpc) is 3.07. The molecule has 7 nitrogen and oxygen atoms in total. The van der Waals surface area contributed by atoms with E-state index in [2.05, 4.69) is 10.1 Å². The summed E-state index contributed by atoms with van der Waals surface area (Å²) in [5, 5.41) is 22.7. The summed E-state index contributed by atoms with van der Waals surface area (Å²) in [4.78, 5) is 9.59. The molecule has 2 aliphatic heterocycles. The third-order valence-electron chi connectivity index (χ3n) is 5.02. The smallest absolute Gasteiger partial charge is 0.399 e. The second-order valence-electron chi connectivity index (χ2n) is 7.37. The van der Waals surface area contributed by atoms with Crippen molar-refractivity contribution < 1.29 is 24.4 Å². The number of pyridine rings is 1. The summed E-state index contributed by atoms with van der Waals surface area (Å²) in [6.45, 7) is 7.40. The Balaban J connectivity index is 1.74. The van der Waals surface area contributed by atoms with E-state index in [-0.39, 0.29) is 13.2 Å². The fourth-order valence-corrected chi connectivity index (χ4v) is 2.57. The second-order valence-corrected chi connectivity index (χ2v) is 7.37. The van der Waals surface area contributed by atoms with Gasteiger partial charge in [0.1, 0.15) is 5.71 Å². The zero-order valence-electron chi connectivity index (χ0n) is 14.4. The molecule has 0 aliphatic carbocycles. The topological polar surface area (TPSA) is 93.4 Å². The molecule has 3 rings (SSSR count). The predicted molar refractivity (Wildman–Crippen MR) is 89.1 cm³/mol. The molecule has 24 heavy (non-hydrogen) atoms. The summed E-state index contributed by atoms with van der Waals surface area (Å²) < 4.78 is 12.0. The summed E-state index contributed by atoms with van der Waals surface area (Å²) >= 11 is 0. The molecular formula is C16H23BN2O5. The van der Waals surface area contributed by atoms with E-state index in [0.717, 1.165) is 5.46 Å². The lowest BCUT2D eigenvalue weighted by Gasteiger charge is -2.32. The molecule has 0 atom stereocenters. The van der Waals surface area contributed by atoms with Crippen LogP contribution in [-0.2, 0) is 14.1 Å². The Morgan fingerprint density at radius 1 is 1.08 bits per heavy atom. The third-order valence-corrected chi connectivity index (χ3v) is 5.02. The number of aromatic nitrogens is 1. The van der Waals surface area contributed by atoms with Gasteiger partial charge in [0.2, 0.25) is 0 Å². The van der Waals surface area contributed by atoms with Crippen LogP contribution in [-0.4, -0.2) is 58.0 Å². The fourth-order valence-electron chi connectivity index (χ4n) is 2.57. The summed E-state index contributed by atoms with van der Waals surface area (Å²) in [7, 11) is -0.465. The summed E-state index contributed by atoms with van der Waals surface area (Å²) in [5.74, 6) is 0. The number of aliphatic hydroxyl groups is 2. The Labute approximate surface area is 141 Å². The SMILES string of the molecule is CC1(C)OB(c2ccc(C3=NOC(CO)(CO)C3)nc2)OC1(C)C. The summed E-state index contributed by atoms with van der Waals surface area (Å²) in [6.07, 6.45) is 2.00.